The second-order valence-corrected chi connectivity index (χ2v) is 5.66. The lowest BCUT2D eigenvalue weighted by molar-refractivity contribution is 0.527. The van der Waals surface area contributed by atoms with Crippen LogP contribution in [-0.4, -0.2) is 16.5 Å². The van der Waals surface area contributed by atoms with Crippen LogP contribution in [0.3, 0.4) is 0 Å². The van der Waals surface area contributed by atoms with Crippen molar-refractivity contribution in [2.75, 3.05) is 11.9 Å². The summed E-state index contributed by atoms with van der Waals surface area (Å²) in [7, 11) is 0. The summed E-state index contributed by atoms with van der Waals surface area (Å²) >= 11 is 1.65. The van der Waals surface area contributed by atoms with E-state index < -0.39 is 0 Å². The van der Waals surface area contributed by atoms with E-state index in [4.69, 9.17) is 4.42 Å². The van der Waals surface area contributed by atoms with Gasteiger partial charge in [0, 0.05) is 12.1 Å². The van der Waals surface area contributed by atoms with Crippen LogP contribution in [0, 0.1) is 6.92 Å². The van der Waals surface area contributed by atoms with Gasteiger partial charge in [-0.15, -0.1) is 0 Å². The standard InChI is InChI=1S/C15H21N3OS/c1-4-6-12-14(16-8-5-2)17-10-18-15(12)20-13-7-9-19-11(13)3/h7,9-10H,4-6,8H2,1-3H3,(H,16,17,18). The molecule has 2 rings (SSSR count). The van der Waals surface area contributed by atoms with E-state index in [1.807, 2.05) is 13.0 Å². The van der Waals surface area contributed by atoms with Gasteiger partial charge in [0.1, 0.15) is 22.9 Å². The summed E-state index contributed by atoms with van der Waals surface area (Å²) < 4.78 is 5.35. The van der Waals surface area contributed by atoms with Gasteiger partial charge in [0.15, 0.2) is 0 Å². The smallest absolute Gasteiger partial charge is 0.133 e. The molecule has 20 heavy (non-hydrogen) atoms. The quantitative estimate of drug-likeness (QED) is 0.771. The first kappa shape index (κ1) is 14.9. The van der Waals surface area contributed by atoms with E-state index in [0.717, 1.165) is 47.3 Å². The Morgan fingerprint density at radius 1 is 1.25 bits per heavy atom. The van der Waals surface area contributed by atoms with Gasteiger partial charge in [-0.2, -0.15) is 0 Å². The molecule has 0 amide bonds. The highest BCUT2D eigenvalue weighted by Crippen LogP contribution is 2.34. The molecule has 0 aliphatic rings. The van der Waals surface area contributed by atoms with Crippen LogP contribution in [0.2, 0.25) is 0 Å². The molecule has 0 saturated carbocycles. The Morgan fingerprint density at radius 3 is 2.75 bits per heavy atom. The second kappa shape index (κ2) is 7.33. The van der Waals surface area contributed by atoms with Gasteiger partial charge in [-0.25, -0.2) is 9.97 Å². The van der Waals surface area contributed by atoms with Crippen LogP contribution in [0.25, 0.3) is 0 Å². The average Bonchev–Trinajstić information content (AvgIpc) is 2.85. The molecule has 0 bridgehead atoms. The van der Waals surface area contributed by atoms with Gasteiger partial charge in [-0.3, -0.25) is 0 Å². The number of anilines is 1. The highest BCUT2D eigenvalue weighted by molar-refractivity contribution is 7.99. The van der Waals surface area contributed by atoms with Crippen molar-refractivity contribution in [3.8, 4) is 0 Å². The van der Waals surface area contributed by atoms with Gasteiger partial charge in [-0.05, 0) is 25.8 Å². The van der Waals surface area contributed by atoms with Crippen LogP contribution in [0.1, 0.15) is 38.0 Å². The summed E-state index contributed by atoms with van der Waals surface area (Å²) in [5, 5.41) is 4.41. The SMILES string of the molecule is CCCNc1ncnc(Sc2ccoc2C)c1CCC. The van der Waals surface area contributed by atoms with Crippen LogP contribution >= 0.6 is 11.8 Å². The molecule has 0 atom stereocenters. The molecule has 0 saturated heterocycles. The molecule has 0 spiro atoms. The number of aromatic nitrogens is 2. The number of aryl methyl sites for hydroxylation is 1. The molecule has 0 unspecified atom stereocenters. The van der Waals surface area contributed by atoms with Crippen molar-refractivity contribution in [2.24, 2.45) is 0 Å². The van der Waals surface area contributed by atoms with E-state index in [9.17, 15) is 0 Å². The Kier molecular flexibility index (Phi) is 5.47. The summed E-state index contributed by atoms with van der Waals surface area (Å²) in [6.45, 7) is 7.23. The van der Waals surface area contributed by atoms with Gasteiger partial charge >= 0.3 is 0 Å². The molecule has 2 aromatic heterocycles. The fourth-order valence-electron chi connectivity index (χ4n) is 1.94. The monoisotopic (exact) mass is 291 g/mol. The van der Waals surface area contributed by atoms with Crippen LogP contribution < -0.4 is 5.32 Å². The lowest BCUT2D eigenvalue weighted by atomic mass is 10.2. The summed E-state index contributed by atoms with van der Waals surface area (Å²) in [6, 6.07) is 1.98. The first-order valence-electron chi connectivity index (χ1n) is 7.06. The summed E-state index contributed by atoms with van der Waals surface area (Å²) in [5.74, 6) is 1.89. The maximum atomic E-state index is 5.35. The van der Waals surface area contributed by atoms with E-state index >= 15 is 0 Å². The predicted octanol–water partition coefficient (Wildman–Crippen LogP) is 4.30. The molecule has 1 N–H and O–H groups in total. The molecular formula is C15H21N3OS. The fraction of sp³-hybridized carbons (Fsp3) is 0.467. The van der Waals surface area contributed by atoms with Gasteiger partial charge in [0.25, 0.3) is 0 Å². The van der Waals surface area contributed by atoms with E-state index in [2.05, 4.69) is 29.1 Å². The zero-order chi connectivity index (χ0) is 14.4. The van der Waals surface area contributed by atoms with Crippen LogP contribution in [0.15, 0.2) is 33.0 Å². The zero-order valence-corrected chi connectivity index (χ0v) is 13.1. The zero-order valence-electron chi connectivity index (χ0n) is 12.3. The lowest BCUT2D eigenvalue weighted by Crippen LogP contribution is -2.07. The number of nitrogens with one attached hydrogen (secondary N) is 1. The number of rotatable bonds is 7. The average molecular weight is 291 g/mol. The largest absolute Gasteiger partial charge is 0.468 e. The molecule has 2 aromatic rings. The lowest BCUT2D eigenvalue weighted by Gasteiger charge is -2.13. The van der Waals surface area contributed by atoms with Crippen molar-refractivity contribution in [3.63, 3.8) is 0 Å². The molecule has 0 aromatic carbocycles. The van der Waals surface area contributed by atoms with Crippen LogP contribution in [-0.2, 0) is 6.42 Å². The van der Waals surface area contributed by atoms with Crippen molar-refractivity contribution in [2.45, 2.75) is 50.0 Å². The Bertz CT molecular complexity index is 554. The minimum absolute atomic E-state index is 0.930. The predicted molar refractivity (Wildman–Crippen MR) is 82.4 cm³/mol. The maximum Gasteiger partial charge on any atom is 0.133 e. The highest BCUT2D eigenvalue weighted by Gasteiger charge is 2.13. The number of nitrogens with zero attached hydrogens (tertiary/aromatic N) is 2. The Hall–Kier alpha value is -1.49. The first-order chi connectivity index (χ1) is 9.76. The molecule has 0 fully saturated rings. The van der Waals surface area contributed by atoms with Crippen molar-refractivity contribution in [1.29, 1.82) is 0 Å². The number of furan rings is 1. The van der Waals surface area contributed by atoms with Gasteiger partial charge in [0.2, 0.25) is 0 Å². The minimum Gasteiger partial charge on any atom is -0.468 e. The second-order valence-electron chi connectivity index (χ2n) is 4.63. The maximum absolute atomic E-state index is 5.35. The van der Waals surface area contributed by atoms with E-state index in [-0.39, 0.29) is 0 Å². The normalized spacial score (nSPS) is 10.8. The Labute approximate surface area is 124 Å². The van der Waals surface area contributed by atoms with E-state index in [1.165, 1.54) is 5.56 Å². The van der Waals surface area contributed by atoms with Crippen LogP contribution in [0.5, 0.6) is 0 Å². The topological polar surface area (TPSA) is 51.0 Å². The van der Waals surface area contributed by atoms with E-state index in [0.29, 0.717) is 0 Å². The van der Waals surface area contributed by atoms with E-state index in [1.54, 1.807) is 24.4 Å². The number of hydrogen-bond acceptors (Lipinski definition) is 5. The third kappa shape index (κ3) is 3.54. The third-order valence-electron chi connectivity index (χ3n) is 2.97. The molecule has 0 radical (unpaired) electrons. The summed E-state index contributed by atoms with van der Waals surface area (Å²) in [6.07, 6.45) is 6.49. The summed E-state index contributed by atoms with van der Waals surface area (Å²) in [4.78, 5) is 9.95. The van der Waals surface area contributed by atoms with Gasteiger partial charge in [-0.1, -0.05) is 32.0 Å². The minimum atomic E-state index is 0.930. The van der Waals surface area contributed by atoms with Gasteiger partial charge in [0.05, 0.1) is 11.2 Å². The fourth-order valence-corrected chi connectivity index (χ4v) is 2.88. The molecule has 0 aliphatic heterocycles. The van der Waals surface area contributed by atoms with Crippen LogP contribution in [0.4, 0.5) is 5.82 Å². The molecule has 108 valence electrons. The third-order valence-corrected chi connectivity index (χ3v) is 4.15. The van der Waals surface area contributed by atoms with Crippen molar-refractivity contribution in [1.82, 2.24) is 9.97 Å². The Balaban J connectivity index is 2.28. The molecular weight excluding hydrogens is 270 g/mol. The highest BCUT2D eigenvalue weighted by atomic mass is 32.2. The first-order valence-corrected chi connectivity index (χ1v) is 7.87. The molecule has 5 heteroatoms. The van der Waals surface area contributed by atoms with Crippen molar-refractivity contribution in [3.05, 3.63) is 30.0 Å². The van der Waals surface area contributed by atoms with Gasteiger partial charge < -0.3 is 9.73 Å². The molecule has 2 heterocycles. The molecule has 4 nitrogen and oxygen atoms in total. The van der Waals surface area contributed by atoms with Crippen molar-refractivity contribution < 1.29 is 4.42 Å². The Morgan fingerprint density at radius 2 is 2.10 bits per heavy atom. The number of hydrogen-bond donors (Lipinski definition) is 1. The van der Waals surface area contributed by atoms with Crippen molar-refractivity contribution >= 4 is 17.6 Å². The summed E-state index contributed by atoms with van der Waals surface area (Å²) in [5.41, 5.74) is 1.20. The molecule has 0 aliphatic carbocycles.